The summed E-state index contributed by atoms with van der Waals surface area (Å²) in [7, 11) is 0. The number of hydrogen-bond acceptors (Lipinski definition) is 3. The number of hydrogen-bond donors (Lipinski definition) is 1. The van der Waals surface area contributed by atoms with Gasteiger partial charge in [0.25, 0.3) is 5.91 Å². The summed E-state index contributed by atoms with van der Waals surface area (Å²) in [5.74, 6) is 0.471. The Hall–Kier alpha value is -1.33. The quantitative estimate of drug-likeness (QED) is 0.916. The van der Waals surface area contributed by atoms with Gasteiger partial charge in [-0.05, 0) is 43.0 Å². The normalized spacial score (nSPS) is 19.5. The molecule has 106 valence electrons. The molecule has 1 atom stereocenters. The second kappa shape index (κ2) is 5.58. The highest BCUT2D eigenvalue weighted by atomic mass is 79.9. The Labute approximate surface area is 125 Å². The molecule has 0 radical (unpaired) electrons. The van der Waals surface area contributed by atoms with Crippen LogP contribution in [0.4, 0.5) is 0 Å². The van der Waals surface area contributed by atoms with E-state index in [2.05, 4.69) is 15.9 Å². The van der Waals surface area contributed by atoms with E-state index in [-0.39, 0.29) is 18.4 Å². The van der Waals surface area contributed by atoms with Crippen molar-refractivity contribution in [3.8, 4) is 0 Å². The number of halogens is 1. The average Bonchev–Trinajstić information content (AvgIpc) is 2.89. The van der Waals surface area contributed by atoms with Crippen molar-refractivity contribution in [1.82, 2.24) is 4.90 Å². The van der Waals surface area contributed by atoms with E-state index in [0.29, 0.717) is 17.9 Å². The van der Waals surface area contributed by atoms with E-state index in [4.69, 9.17) is 4.42 Å². The zero-order chi connectivity index (χ0) is 14.1. The third-order valence-electron chi connectivity index (χ3n) is 3.75. The number of carbonyl (C=O) groups is 1. The molecule has 1 aliphatic rings. The molecule has 20 heavy (non-hydrogen) atoms. The average molecular weight is 338 g/mol. The number of aliphatic hydroxyl groups is 1. The van der Waals surface area contributed by atoms with Crippen molar-refractivity contribution >= 4 is 32.8 Å². The minimum absolute atomic E-state index is 0.0875. The van der Waals surface area contributed by atoms with Gasteiger partial charge >= 0.3 is 0 Å². The third-order valence-corrected chi connectivity index (χ3v) is 4.25. The largest absolute Gasteiger partial charge is 0.451 e. The van der Waals surface area contributed by atoms with Crippen LogP contribution in [0.2, 0.25) is 0 Å². The van der Waals surface area contributed by atoms with E-state index in [1.165, 1.54) is 0 Å². The number of rotatable bonds is 2. The Bertz CT molecular complexity index is 637. The molecule has 0 spiro atoms. The number of likely N-dealkylation sites (tertiary alicyclic amines) is 1. The van der Waals surface area contributed by atoms with E-state index >= 15 is 0 Å². The summed E-state index contributed by atoms with van der Waals surface area (Å²) >= 11 is 3.41. The number of nitrogens with zero attached hydrogens (tertiary/aromatic N) is 1. The van der Waals surface area contributed by atoms with Crippen molar-refractivity contribution in [3.63, 3.8) is 0 Å². The minimum Gasteiger partial charge on any atom is -0.451 e. The number of furan rings is 1. The van der Waals surface area contributed by atoms with Crippen LogP contribution >= 0.6 is 15.9 Å². The van der Waals surface area contributed by atoms with Crippen molar-refractivity contribution in [3.05, 3.63) is 34.5 Å². The summed E-state index contributed by atoms with van der Waals surface area (Å²) < 4.78 is 6.59. The fraction of sp³-hybridized carbons (Fsp3) is 0.400. The summed E-state index contributed by atoms with van der Waals surface area (Å²) in [5.41, 5.74) is 0.715. The van der Waals surface area contributed by atoms with Crippen LogP contribution in [-0.2, 0) is 0 Å². The van der Waals surface area contributed by atoms with Crippen LogP contribution < -0.4 is 0 Å². The van der Waals surface area contributed by atoms with Crippen molar-refractivity contribution in [2.45, 2.75) is 12.8 Å². The molecule has 1 aromatic carbocycles. The summed E-state index contributed by atoms with van der Waals surface area (Å²) in [5, 5.41) is 10.2. The summed E-state index contributed by atoms with van der Waals surface area (Å²) in [6.45, 7) is 1.48. The first-order valence-electron chi connectivity index (χ1n) is 6.76. The van der Waals surface area contributed by atoms with Crippen LogP contribution in [-0.4, -0.2) is 35.6 Å². The van der Waals surface area contributed by atoms with E-state index in [1.54, 1.807) is 11.0 Å². The topological polar surface area (TPSA) is 53.7 Å². The molecule has 0 saturated carbocycles. The molecule has 3 rings (SSSR count). The van der Waals surface area contributed by atoms with E-state index in [9.17, 15) is 9.90 Å². The van der Waals surface area contributed by atoms with Gasteiger partial charge in [0.2, 0.25) is 0 Å². The number of fused-ring (bicyclic) bond motifs is 1. The maximum absolute atomic E-state index is 12.5. The Morgan fingerprint density at radius 1 is 1.45 bits per heavy atom. The first-order chi connectivity index (χ1) is 9.67. The number of aliphatic hydroxyl groups excluding tert-OH is 1. The highest BCUT2D eigenvalue weighted by Crippen LogP contribution is 2.25. The van der Waals surface area contributed by atoms with E-state index in [0.717, 1.165) is 29.2 Å². The zero-order valence-electron chi connectivity index (χ0n) is 11.0. The molecule has 1 aromatic heterocycles. The van der Waals surface area contributed by atoms with Crippen LogP contribution in [0.1, 0.15) is 23.4 Å². The van der Waals surface area contributed by atoms with Gasteiger partial charge in [-0.3, -0.25) is 4.79 Å². The number of amides is 1. The van der Waals surface area contributed by atoms with Gasteiger partial charge in [-0.1, -0.05) is 15.9 Å². The Morgan fingerprint density at radius 3 is 3.10 bits per heavy atom. The Morgan fingerprint density at radius 2 is 2.30 bits per heavy atom. The molecule has 1 fully saturated rings. The molecular formula is C15H16BrNO3. The Kier molecular flexibility index (Phi) is 3.81. The lowest BCUT2D eigenvalue weighted by Crippen LogP contribution is -2.40. The third kappa shape index (κ3) is 2.60. The molecule has 5 heteroatoms. The van der Waals surface area contributed by atoms with Gasteiger partial charge in [-0.15, -0.1) is 0 Å². The van der Waals surface area contributed by atoms with Crippen LogP contribution in [0, 0.1) is 5.92 Å². The fourth-order valence-electron chi connectivity index (χ4n) is 2.67. The smallest absolute Gasteiger partial charge is 0.289 e. The SMILES string of the molecule is O=C(c1cc2cc(Br)ccc2o1)N1CCCC(CO)C1. The predicted molar refractivity (Wildman–Crippen MR) is 79.6 cm³/mol. The molecular weight excluding hydrogens is 322 g/mol. The van der Waals surface area contributed by atoms with Crippen LogP contribution in [0.25, 0.3) is 11.0 Å². The molecule has 2 aromatic rings. The van der Waals surface area contributed by atoms with Gasteiger partial charge in [-0.25, -0.2) is 0 Å². The molecule has 1 amide bonds. The van der Waals surface area contributed by atoms with Gasteiger partial charge in [0.05, 0.1) is 0 Å². The maximum atomic E-state index is 12.5. The fourth-order valence-corrected chi connectivity index (χ4v) is 3.05. The molecule has 1 aliphatic heterocycles. The van der Waals surface area contributed by atoms with Gasteiger partial charge < -0.3 is 14.4 Å². The van der Waals surface area contributed by atoms with Gasteiger partial charge in [0.15, 0.2) is 5.76 Å². The molecule has 0 bridgehead atoms. The van der Waals surface area contributed by atoms with E-state index in [1.807, 2.05) is 18.2 Å². The first-order valence-corrected chi connectivity index (χ1v) is 7.56. The van der Waals surface area contributed by atoms with Gasteiger partial charge in [0.1, 0.15) is 5.58 Å². The van der Waals surface area contributed by atoms with Gasteiger partial charge in [0, 0.05) is 29.6 Å². The number of carbonyl (C=O) groups excluding carboxylic acids is 1. The van der Waals surface area contributed by atoms with Crippen molar-refractivity contribution in [2.75, 3.05) is 19.7 Å². The maximum Gasteiger partial charge on any atom is 0.289 e. The first kappa shape index (κ1) is 13.6. The van der Waals surface area contributed by atoms with Crippen molar-refractivity contribution < 1.29 is 14.3 Å². The summed E-state index contributed by atoms with van der Waals surface area (Å²) in [6, 6.07) is 7.46. The summed E-state index contributed by atoms with van der Waals surface area (Å²) in [4.78, 5) is 14.2. The van der Waals surface area contributed by atoms with Crippen molar-refractivity contribution in [2.24, 2.45) is 5.92 Å². The standard InChI is InChI=1S/C15H16BrNO3/c16-12-3-4-13-11(6-12)7-14(20-13)15(19)17-5-1-2-10(8-17)9-18/h3-4,6-7,10,18H,1-2,5,8-9H2. The van der Waals surface area contributed by atoms with Crippen molar-refractivity contribution in [1.29, 1.82) is 0 Å². The highest BCUT2D eigenvalue weighted by Gasteiger charge is 2.26. The zero-order valence-corrected chi connectivity index (χ0v) is 12.6. The Balaban J connectivity index is 1.84. The van der Waals surface area contributed by atoms with Gasteiger partial charge in [-0.2, -0.15) is 0 Å². The molecule has 0 aliphatic carbocycles. The second-order valence-electron chi connectivity index (χ2n) is 5.23. The summed E-state index contributed by atoms with van der Waals surface area (Å²) in [6.07, 6.45) is 1.91. The highest BCUT2D eigenvalue weighted by molar-refractivity contribution is 9.10. The number of benzene rings is 1. The van der Waals surface area contributed by atoms with Crippen LogP contribution in [0.15, 0.2) is 33.2 Å². The second-order valence-corrected chi connectivity index (χ2v) is 6.15. The molecule has 1 saturated heterocycles. The molecule has 1 N–H and O–H groups in total. The molecule has 1 unspecified atom stereocenters. The van der Waals surface area contributed by atoms with E-state index < -0.39 is 0 Å². The minimum atomic E-state index is -0.0875. The molecule has 4 nitrogen and oxygen atoms in total. The van der Waals surface area contributed by atoms with Crippen LogP contribution in [0.5, 0.6) is 0 Å². The lowest BCUT2D eigenvalue weighted by atomic mass is 9.99. The predicted octanol–water partition coefficient (Wildman–Crippen LogP) is 3.04. The monoisotopic (exact) mass is 337 g/mol. The number of piperidine rings is 1. The molecule has 2 heterocycles. The lowest BCUT2D eigenvalue weighted by Gasteiger charge is -2.31. The lowest BCUT2D eigenvalue weighted by molar-refractivity contribution is 0.0592. The van der Waals surface area contributed by atoms with Crippen LogP contribution in [0.3, 0.4) is 0 Å².